The van der Waals surface area contributed by atoms with Gasteiger partial charge in [-0.1, -0.05) is 0 Å². The molecule has 2 rings (SSSR count). The largest absolute Gasteiger partial charge is 0.334 e. The molecule has 3 nitrogen and oxygen atoms in total. The molecule has 96 valence electrons. The monoisotopic (exact) mass is 263 g/mol. The van der Waals surface area contributed by atoms with E-state index in [1.54, 1.807) is 0 Å². The van der Waals surface area contributed by atoms with Gasteiger partial charge >= 0.3 is 0 Å². The van der Waals surface area contributed by atoms with E-state index in [4.69, 9.17) is 0 Å². The summed E-state index contributed by atoms with van der Waals surface area (Å²) in [6, 6.07) is 1.32. The predicted octanol–water partition coefficient (Wildman–Crippen LogP) is 2.86. The third kappa shape index (κ3) is 1.89. The Kier molecular flexibility index (Phi) is 2.93. The Balaban J connectivity index is 2.51. The number of aryl methyl sites for hydroxylation is 1. The first-order chi connectivity index (χ1) is 8.41. The van der Waals surface area contributed by atoms with Crippen molar-refractivity contribution in [3.8, 4) is 0 Å². The second-order valence-electron chi connectivity index (χ2n) is 3.44. The molecule has 2 aromatic rings. The van der Waals surface area contributed by atoms with E-state index in [1.807, 2.05) is 5.32 Å². The average molecular weight is 263 g/mol. The van der Waals surface area contributed by atoms with Crippen molar-refractivity contribution in [2.45, 2.75) is 0 Å². The Morgan fingerprint density at radius 3 is 1.89 bits per heavy atom. The summed E-state index contributed by atoms with van der Waals surface area (Å²) < 4.78 is 66.4. The lowest BCUT2D eigenvalue weighted by atomic mass is 10.2. The number of nitrogens with one attached hydrogen (secondary N) is 1. The van der Waals surface area contributed by atoms with E-state index in [2.05, 4.69) is 5.10 Å². The van der Waals surface area contributed by atoms with Crippen molar-refractivity contribution in [1.29, 1.82) is 0 Å². The number of nitrogens with zero attached hydrogens (tertiary/aromatic N) is 2. The maximum absolute atomic E-state index is 13.3. The van der Waals surface area contributed by atoms with Crippen molar-refractivity contribution in [3.05, 3.63) is 41.3 Å². The highest BCUT2D eigenvalue weighted by Gasteiger charge is 2.26. The van der Waals surface area contributed by atoms with Crippen LogP contribution >= 0.6 is 0 Å². The summed E-state index contributed by atoms with van der Waals surface area (Å²) in [5.41, 5.74) is -1.13. The molecule has 0 atom stereocenters. The van der Waals surface area contributed by atoms with E-state index in [0.717, 1.165) is 0 Å². The van der Waals surface area contributed by atoms with E-state index in [0.29, 0.717) is 0 Å². The third-order valence-electron chi connectivity index (χ3n) is 2.18. The molecule has 1 heterocycles. The molecule has 1 aromatic heterocycles. The van der Waals surface area contributed by atoms with Gasteiger partial charge in [-0.3, -0.25) is 4.68 Å². The number of rotatable bonds is 2. The van der Waals surface area contributed by atoms with Crippen LogP contribution in [0.3, 0.4) is 0 Å². The van der Waals surface area contributed by atoms with Crippen molar-refractivity contribution in [2.24, 2.45) is 7.05 Å². The van der Waals surface area contributed by atoms with Crippen LogP contribution in [0.2, 0.25) is 0 Å². The number of hydrogen-bond donors (Lipinski definition) is 1. The van der Waals surface area contributed by atoms with Crippen LogP contribution in [0.15, 0.2) is 12.3 Å². The number of benzene rings is 1. The number of anilines is 2. The minimum absolute atomic E-state index is 0.0410. The maximum Gasteiger partial charge on any atom is 0.200 e. The number of halogens is 5. The SMILES string of the molecule is Cn1ccc(Nc2c(F)c(F)c(F)c(F)c2F)n1. The molecular formula is C10H6F5N3. The van der Waals surface area contributed by atoms with Gasteiger partial charge in [0, 0.05) is 19.3 Å². The topological polar surface area (TPSA) is 29.9 Å². The lowest BCUT2D eigenvalue weighted by molar-refractivity contribution is 0.382. The molecule has 0 spiro atoms. The molecular weight excluding hydrogens is 257 g/mol. The normalized spacial score (nSPS) is 10.8. The lowest BCUT2D eigenvalue weighted by Gasteiger charge is -2.08. The van der Waals surface area contributed by atoms with E-state index in [-0.39, 0.29) is 5.82 Å². The van der Waals surface area contributed by atoms with Crippen molar-refractivity contribution < 1.29 is 22.0 Å². The number of hydrogen-bond acceptors (Lipinski definition) is 2. The summed E-state index contributed by atoms with van der Waals surface area (Å²) in [7, 11) is 1.53. The van der Waals surface area contributed by atoms with Crippen LogP contribution in [0.25, 0.3) is 0 Å². The summed E-state index contributed by atoms with van der Waals surface area (Å²) in [6.07, 6.45) is 1.44. The van der Waals surface area contributed by atoms with Crippen LogP contribution in [-0.2, 0) is 7.05 Å². The first-order valence-corrected chi connectivity index (χ1v) is 4.70. The van der Waals surface area contributed by atoms with Gasteiger partial charge in [0.25, 0.3) is 0 Å². The van der Waals surface area contributed by atoms with Gasteiger partial charge in [0.15, 0.2) is 29.1 Å². The van der Waals surface area contributed by atoms with Gasteiger partial charge < -0.3 is 5.32 Å². The summed E-state index contributed by atoms with van der Waals surface area (Å²) in [5, 5.41) is 5.75. The zero-order valence-electron chi connectivity index (χ0n) is 8.94. The zero-order chi connectivity index (χ0) is 13.4. The van der Waals surface area contributed by atoms with Gasteiger partial charge in [0.1, 0.15) is 5.69 Å². The fourth-order valence-corrected chi connectivity index (χ4v) is 1.32. The van der Waals surface area contributed by atoms with Crippen LogP contribution in [-0.4, -0.2) is 9.78 Å². The molecule has 0 aliphatic rings. The molecule has 18 heavy (non-hydrogen) atoms. The van der Waals surface area contributed by atoms with Gasteiger partial charge in [0.2, 0.25) is 5.82 Å². The minimum Gasteiger partial charge on any atom is -0.334 e. The zero-order valence-corrected chi connectivity index (χ0v) is 8.94. The highest BCUT2D eigenvalue weighted by Crippen LogP contribution is 2.28. The van der Waals surface area contributed by atoms with Gasteiger partial charge in [-0.25, -0.2) is 22.0 Å². The molecule has 1 aromatic carbocycles. The Morgan fingerprint density at radius 2 is 1.44 bits per heavy atom. The summed E-state index contributed by atoms with van der Waals surface area (Å²) in [4.78, 5) is 0. The fourth-order valence-electron chi connectivity index (χ4n) is 1.32. The average Bonchev–Trinajstić information content (AvgIpc) is 2.75. The van der Waals surface area contributed by atoms with E-state index in [9.17, 15) is 22.0 Å². The van der Waals surface area contributed by atoms with Gasteiger partial charge in [0.05, 0.1) is 0 Å². The summed E-state index contributed by atoms with van der Waals surface area (Å²) in [5.74, 6) is -10.1. The third-order valence-corrected chi connectivity index (χ3v) is 2.18. The van der Waals surface area contributed by atoms with E-state index >= 15 is 0 Å². The minimum atomic E-state index is -2.20. The van der Waals surface area contributed by atoms with Crippen LogP contribution in [0.4, 0.5) is 33.5 Å². The first-order valence-electron chi connectivity index (χ1n) is 4.70. The van der Waals surface area contributed by atoms with E-state index in [1.165, 1.54) is 24.0 Å². The summed E-state index contributed by atoms with van der Waals surface area (Å²) >= 11 is 0. The van der Waals surface area contributed by atoms with Gasteiger partial charge in [-0.15, -0.1) is 0 Å². The molecule has 0 saturated carbocycles. The lowest BCUT2D eigenvalue weighted by Crippen LogP contribution is -2.07. The molecule has 0 unspecified atom stereocenters. The van der Waals surface area contributed by atoms with Crippen LogP contribution in [0, 0.1) is 29.1 Å². The highest BCUT2D eigenvalue weighted by molar-refractivity contribution is 5.57. The molecule has 0 aliphatic heterocycles. The molecule has 8 heteroatoms. The predicted molar refractivity (Wildman–Crippen MR) is 52.7 cm³/mol. The molecule has 0 fully saturated rings. The fraction of sp³-hybridized carbons (Fsp3) is 0.100. The standard InChI is InChI=1S/C10H6F5N3/c1-18-3-2-4(17-18)16-10-8(14)6(12)5(11)7(13)9(10)15/h2-3H,1H3,(H,16,17). The van der Waals surface area contributed by atoms with Crippen molar-refractivity contribution in [1.82, 2.24) is 9.78 Å². The van der Waals surface area contributed by atoms with Crippen LogP contribution in [0.1, 0.15) is 0 Å². The molecule has 0 amide bonds. The quantitative estimate of drug-likeness (QED) is 0.513. The Bertz CT molecular complexity index is 579. The molecule has 0 aliphatic carbocycles. The van der Waals surface area contributed by atoms with Gasteiger partial charge in [-0.05, 0) is 0 Å². The van der Waals surface area contributed by atoms with Crippen molar-refractivity contribution in [2.75, 3.05) is 5.32 Å². The molecule has 0 radical (unpaired) electrons. The van der Waals surface area contributed by atoms with Crippen LogP contribution < -0.4 is 5.32 Å². The number of aromatic nitrogens is 2. The second kappa shape index (κ2) is 4.28. The van der Waals surface area contributed by atoms with Crippen LogP contribution in [0.5, 0.6) is 0 Å². The van der Waals surface area contributed by atoms with E-state index < -0.39 is 34.8 Å². The van der Waals surface area contributed by atoms with Crippen molar-refractivity contribution in [3.63, 3.8) is 0 Å². The Morgan fingerprint density at radius 1 is 0.944 bits per heavy atom. The second-order valence-corrected chi connectivity index (χ2v) is 3.44. The maximum atomic E-state index is 13.3. The first kappa shape index (κ1) is 12.3. The Hall–Kier alpha value is -2.12. The van der Waals surface area contributed by atoms with Crippen molar-refractivity contribution >= 4 is 11.5 Å². The molecule has 0 saturated heterocycles. The Labute approximate surface area is 97.8 Å². The molecule has 1 N–H and O–H groups in total. The summed E-state index contributed by atoms with van der Waals surface area (Å²) in [6.45, 7) is 0. The highest BCUT2D eigenvalue weighted by atomic mass is 19.2. The van der Waals surface area contributed by atoms with Gasteiger partial charge in [-0.2, -0.15) is 5.10 Å². The molecule has 0 bridgehead atoms. The smallest absolute Gasteiger partial charge is 0.200 e.